The molecule has 264 valence electrons. The van der Waals surface area contributed by atoms with Crippen molar-refractivity contribution in [3.05, 3.63) is 166 Å². The lowest BCUT2D eigenvalue weighted by Crippen LogP contribution is -2.33. The number of pyridine rings is 1. The summed E-state index contributed by atoms with van der Waals surface area (Å²) in [5.41, 5.74) is 13.2. The van der Waals surface area contributed by atoms with Crippen LogP contribution in [0.5, 0.6) is 0 Å². The van der Waals surface area contributed by atoms with Crippen molar-refractivity contribution in [1.29, 1.82) is 0 Å². The molecule has 0 amide bonds. The second kappa shape index (κ2) is 12.9. The van der Waals surface area contributed by atoms with Gasteiger partial charge in [-0.15, -0.1) is 0 Å². The molecule has 4 aromatic rings. The molecule has 0 bridgehead atoms. The van der Waals surface area contributed by atoms with Crippen molar-refractivity contribution in [1.82, 2.24) is 34.5 Å². The van der Waals surface area contributed by atoms with E-state index in [2.05, 4.69) is 156 Å². The van der Waals surface area contributed by atoms with Gasteiger partial charge in [0.2, 0.25) is 0 Å². The van der Waals surface area contributed by atoms with Gasteiger partial charge in [0.05, 0.1) is 17.9 Å². The molecule has 52 heavy (non-hydrogen) atoms. The molecule has 0 saturated carbocycles. The third-order valence-corrected chi connectivity index (χ3v) is 10.6. The average Bonchev–Trinajstić information content (AvgIpc) is 3.97. The summed E-state index contributed by atoms with van der Waals surface area (Å²) in [6.45, 7) is 2.95. The molecular formula is C43H47N9. The first kappa shape index (κ1) is 34.4. The number of hydrazone groups is 1. The van der Waals surface area contributed by atoms with Gasteiger partial charge in [0, 0.05) is 78.7 Å². The number of hydrogen-bond acceptors (Lipinski definition) is 9. The smallest absolute Gasteiger partial charge is 0.150 e. The minimum absolute atomic E-state index is 0. The molecule has 9 aliphatic rings. The van der Waals surface area contributed by atoms with Crippen molar-refractivity contribution in [2.45, 2.75) is 67.8 Å². The molecule has 0 spiro atoms. The molecule has 0 radical (unpaired) electrons. The third kappa shape index (κ3) is 4.87. The van der Waals surface area contributed by atoms with Crippen LogP contribution in [0, 0.1) is 0 Å². The molecule has 9 nitrogen and oxygen atoms in total. The third-order valence-electron chi connectivity index (χ3n) is 10.6. The SMILES string of the molecule is C.C.C.C.C1=CN2C(c3ccccc3)=Nc3cccc4c3C2N1C4.C1=CN2C=CN3Cc4ccnc1c4C23.C1=CN2C=NN3Cc4cccc1c4C23. The predicted molar refractivity (Wildman–Crippen MR) is 212 cm³/mol. The van der Waals surface area contributed by atoms with Crippen LogP contribution < -0.4 is 0 Å². The average molecular weight is 690 g/mol. The molecule has 0 N–H and O–H groups in total. The Morgan fingerprint density at radius 1 is 0.558 bits per heavy atom. The highest BCUT2D eigenvalue weighted by molar-refractivity contribution is 6.03. The summed E-state index contributed by atoms with van der Waals surface area (Å²) >= 11 is 0. The first-order valence-corrected chi connectivity index (χ1v) is 16.5. The predicted octanol–water partition coefficient (Wildman–Crippen LogP) is 9.33. The highest BCUT2D eigenvalue weighted by Crippen LogP contribution is 2.49. The van der Waals surface area contributed by atoms with Crippen molar-refractivity contribution >= 4 is 30.0 Å². The minimum atomic E-state index is 0. The van der Waals surface area contributed by atoms with Crippen molar-refractivity contribution < 1.29 is 0 Å². The topological polar surface area (TPSA) is 57.1 Å². The van der Waals surface area contributed by atoms with E-state index in [0.717, 1.165) is 36.9 Å². The zero-order chi connectivity index (χ0) is 31.3. The van der Waals surface area contributed by atoms with Gasteiger partial charge >= 0.3 is 0 Å². The maximum atomic E-state index is 4.91. The summed E-state index contributed by atoms with van der Waals surface area (Å²) in [5, 5.41) is 6.52. The zero-order valence-corrected chi connectivity index (χ0v) is 26.1. The highest BCUT2D eigenvalue weighted by Gasteiger charge is 2.42. The first-order valence-electron chi connectivity index (χ1n) is 16.5. The van der Waals surface area contributed by atoms with Crippen LogP contribution in [0.1, 0.15) is 98.4 Å². The Morgan fingerprint density at radius 3 is 2.13 bits per heavy atom. The largest absolute Gasteiger partial charge is 0.348 e. The van der Waals surface area contributed by atoms with Crippen LogP contribution in [0.25, 0.3) is 12.2 Å². The lowest BCUT2D eigenvalue weighted by Gasteiger charge is -2.32. The number of aliphatic imine (C=N–C) groups is 1. The van der Waals surface area contributed by atoms with E-state index in [4.69, 9.17) is 4.99 Å². The standard InChI is InChI=1S/C17H13N3.2C11H9N3.4CH4/c1-2-5-12(6-3-1)16-18-14-8-4-7-13-11-19-9-10-20(16)17(19)15(13)14;1-3-12-9-2-4-13-5-6-14-7-8(1)10(9)11(13)14;1-2-8-4-5-13-7-12-14-6-9(3-1)10(8)11(13)14;;;;/h1-10,17H,11H2;1-6,11H,7H2;1-5,7,11H,6H2;4*1H4. The lowest BCUT2D eigenvalue weighted by molar-refractivity contribution is 0.177. The van der Waals surface area contributed by atoms with Crippen molar-refractivity contribution in [2.24, 2.45) is 10.1 Å². The van der Waals surface area contributed by atoms with Crippen LogP contribution >= 0.6 is 0 Å². The van der Waals surface area contributed by atoms with Crippen molar-refractivity contribution in [2.75, 3.05) is 0 Å². The van der Waals surface area contributed by atoms with Crippen LogP contribution in [0.3, 0.4) is 0 Å². The number of amidine groups is 1. The summed E-state index contributed by atoms with van der Waals surface area (Å²) in [5.74, 6) is 1.04. The second-order valence-electron chi connectivity index (χ2n) is 13.2. The van der Waals surface area contributed by atoms with Gasteiger partial charge in [0.15, 0.2) is 0 Å². The number of hydrogen-bond donors (Lipinski definition) is 0. The van der Waals surface area contributed by atoms with E-state index >= 15 is 0 Å². The molecule has 3 aromatic carbocycles. The summed E-state index contributed by atoms with van der Waals surface area (Å²) in [6.07, 6.45) is 21.9. The van der Waals surface area contributed by atoms with Gasteiger partial charge in [-0.1, -0.05) is 90.4 Å². The summed E-state index contributed by atoms with van der Waals surface area (Å²) < 4.78 is 0. The lowest BCUT2D eigenvalue weighted by atomic mass is 9.99. The van der Waals surface area contributed by atoms with Crippen LogP contribution in [0.4, 0.5) is 5.69 Å². The van der Waals surface area contributed by atoms with E-state index in [1.165, 1.54) is 44.5 Å². The Hall–Kier alpha value is -6.09. The van der Waals surface area contributed by atoms with Gasteiger partial charge in [-0.05, 0) is 46.5 Å². The molecule has 9 aliphatic heterocycles. The summed E-state index contributed by atoms with van der Waals surface area (Å²) in [7, 11) is 0. The maximum Gasteiger partial charge on any atom is 0.150 e. The normalized spacial score (nSPS) is 21.5. The van der Waals surface area contributed by atoms with Crippen molar-refractivity contribution in [3.8, 4) is 0 Å². The van der Waals surface area contributed by atoms with E-state index in [9.17, 15) is 0 Å². The molecule has 13 rings (SSSR count). The Balaban J connectivity index is 0.000000119. The van der Waals surface area contributed by atoms with Crippen LogP contribution in [0.15, 0.2) is 126 Å². The minimum Gasteiger partial charge on any atom is -0.348 e. The van der Waals surface area contributed by atoms with E-state index < -0.39 is 0 Å². The maximum absolute atomic E-state index is 4.91. The molecule has 0 aliphatic carbocycles. The fourth-order valence-electron chi connectivity index (χ4n) is 8.47. The molecule has 3 atom stereocenters. The monoisotopic (exact) mass is 689 g/mol. The number of rotatable bonds is 1. The fourth-order valence-corrected chi connectivity index (χ4v) is 8.47. The fraction of sp³-hybridized carbons (Fsp3) is 0.233. The highest BCUT2D eigenvalue weighted by atomic mass is 15.6. The Kier molecular flexibility index (Phi) is 8.53. The van der Waals surface area contributed by atoms with Crippen LogP contribution in [-0.4, -0.2) is 46.7 Å². The molecule has 0 fully saturated rings. The van der Waals surface area contributed by atoms with Gasteiger partial charge in [-0.3, -0.25) is 9.99 Å². The number of nitrogens with zero attached hydrogens (tertiary/aromatic N) is 9. The Bertz CT molecular complexity index is 2110. The molecule has 1 aromatic heterocycles. The molecule has 3 unspecified atom stereocenters. The number of benzene rings is 3. The van der Waals surface area contributed by atoms with E-state index in [1.807, 2.05) is 18.6 Å². The molecular weight excluding hydrogens is 643 g/mol. The van der Waals surface area contributed by atoms with Gasteiger partial charge in [-0.25, -0.2) is 4.99 Å². The van der Waals surface area contributed by atoms with Crippen LogP contribution in [0.2, 0.25) is 0 Å². The zero-order valence-electron chi connectivity index (χ0n) is 26.1. The van der Waals surface area contributed by atoms with Gasteiger partial charge in [0.25, 0.3) is 0 Å². The van der Waals surface area contributed by atoms with E-state index in [1.54, 1.807) is 0 Å². The number of aromatic nitrogens is 1. The van der Waals surface area contributed by atoms with Gasteiger partial charge in [-0.2, -0.15) is 5.10 Å². The van der Waals surface area contributed by atoms with E-state index in [-0.39, 0.29) is 29.7 Å². The Labute approximate surface area is 308 Å². The van der Waals surface area contributed by atoms with Gasteiger partial charge < -0.3 is 24.5 Å². The van der Waals surface area contributed by atoms with Crippen molar-refractivity contribution in [3.63, 3.8) is 0 Å². The Morgan fingerprint density at radius 2 is 1.29 bits per heavy atom. The quantitative estimate of drug-likeness (QED) is 0.197. The second-order valence-corrected chi connectivity index (χ2v) is 13.2. The first-order chi connectivity index (χ1) is 23.8. The molecule has 9 heteroatoms. The molecule has 10 heterocycles. The van der Waals surface area contributed by atoms with E-state index in [0.29, 0.717) is 18.5 Å². The summed E-state index contributed by atoms with van der Waals surface area (Å²) in [6, 6.07) is 25.5. The van der Waals surface area contributed by atoms with Gasteiger partial charge in [0.1, 0.15) is 30.7 Å². The summed E-state index contributed by atoms with van der Waals surface area (Å²) in [4.78, 5) is 20.7. The van der Waals surface area contributed by atoms with Crippen LogP contribution in [-0.2, 0) is 19.6 Å². The molecule has 0 saturated heterocycles.